The molecule has 0 radical (unpaired) electrons. The summed E-state index contributed by atoms with van der Waals surface area (Å²) in [5.41, 5.74) is 4.89. The number of hydrogen-bond donors (Lipinski definition) is 1. The molecule has 0 amide bonds. The van der Waals surface area contributed by atoms with Crippen molar-refractivity contribution >= 4 is 5.97 Å². The second-order valence-electron chi connectivity index (χ2n) is 5.59. The molecule has 0 aromatic rings. The third-order valence-corrected chi connectivity index (χ3v) is 3.60. The summed E-state index contributed by atoms with van der Waals surface area (Å²) in [6, 6.07) is 0. The van der Waals surface area contributed by atoms with E-state index in [-0.39, 0.29) is 25.0 Å². The lowest BCUT2D eigenvalue weighted by Crippen LogP contribution is -2.46. The maximum absolute atomic E-state index is 12.1. The fraction of sp³-hybridized carbons (Fsp3) is 0.929. The van der Waals surface area contributed by atoms with Crippen molar-refractivity contribution in [2.45, 2.75) is 58.7 Å². The zero-order valence-electron chi connectivity index (χ0n) is 12.3. The second-order valence-corrected chi connectivity index (χ2v) is 5.59. The van der Waals surface area contributed by atoms with Crippen LogP contribution in [0, 0.1) is 5.41 Å². The average Bonchev–Trinajstić information content (AvgIpc) is 2.39. The quantitative estimate of drug-likeness (QED) is 0.566. The summed E-state index contributed by atoms with van der Waals surface area (Å²) in [5, 5.41) is 0. The first-order valence-corrected chi connectivity index (χ1v) is 7.12. The number of esters is 1. The molecular formula is C14H27NO4. The topological polar surface area (TPSA) is 70.8 Å². The first-order valence-electron chi connectivity index (χ1n) is 7.12. The van der Waals surface area contributed by atoms with Crippen LogP contribution in [0.1, 0.15) is 46.5 Å². The van der Waals surface area contributed by atoms with Crippen LogP contribution < -0.4 is 5.73 Å². The van der Waals surface area contributed by atoms with Gasteiger partial charge in [0, 0.05) is 6.42 Å². The highest BCUT2D eigenvalue weighted by atomic mass is 16.7. The summed E-state index contributed by atoms with van der Waals surface area (Å²) in [6.45, 7) is 7.10. The summed E-state index contributed by atoms with van der Waals surface area (Å²) in [6.07, 6.45) is 3.29. The number of hydrogen-bond acceptors (Lipinski definition) is 5. The monoisotopic (exact) mass is 273 g/mol. The summed E-state index contributed by atoms with van der Waals surface area (Å²) in [4.78, 5) is 12.1. The van der Waals surface area contributed by atoms with Crippen LogP contribution in [-0.2, 0) is 19.0 Å². The number of carbonyl (C=O) groups is 1. The van der Waals surface area contributed by atoms with E-state index in [0.717, 1.165) is 19.3 Å². The Balaban J connectivity index is 2.52. The average molecular weight is 273 g/mol. The molecular weight excluding hydrogens is 246 g/mol. The van der Waals surface area contributed by atoms with Crippen LogP contribution in [0.5, 0.6) is 0 Å². The van der Waals surface area contributed by atoms with Crippen molar-refractivity contribution < 1.29 is 19.0 Å². The Kier molecular flexibility index (Phi) is 6.75. The summed E-state index contributed by atoms with van der Waals surface area (Å²) in [5.74, 6) is -0.195. The van der Waals surface area contributed by atoms with Crippen molar-refractivity contribution in [2.75, 3.05) is 19.9 Å². The largest absolute Gasteiger partial charge is 0.465 e. The molecule has 19 heavy (non-hydrogen) atoms. The van der Waals surface area contributed by atoms with Crippen LogP contribution >= 0.6 is 0 Å². The first-order chi connectivity index (χ1) is 9.02. The van der Waals surface area contributed by atoms with Gasteiger partial charge in [-0.3, -0.25) is 4.79 Å². The van der Waals surface area contributed by atoms with E-state index >= 15 is 0 Å². The van der Waals surface area contributed by atoms with E-state index in [0.29, 0.717) is 19.6 Å². The van der Waals surface area contributed by atoms with E-state index in [1.165, 1.54) is 0 Å². The van der Waals surface area contributed by atoms with Crippen LogP contribution in [0.25, 0.3) is 0 Å². The van der Waals surface area contributed by atoms with Crippen molar-refractivity contribution in [1.29, 1.82) is 0 Å². The van der Waals surface area contributed by atoms with E-state index in [1.54, 1.807) is 0 Å². The van der Waals surface area contributed by atoms with Gasteiger partial charge in [0.05, 0.1) is 24.2 Å². The minimum absolute atomic E-state index is 0.0754. The zero-order chi connectivity index (χ0) is 14.3. The Labute approximate surface area is 115 Å². The van der Waals surface area contributed by atoms with Gasteiger partial charge in [0.1, 0.15) is 6.79 Å². The Morgan fingerprint density at radius 2 is 2.16 bits per heavy atom. The van der Waals surface area contributed by atoms with Crippen LogP contribution in [0.3, 0.4) is 0 Å². The maximum atomic E-state index is 12.1. The molecule has 0 bridgehead atoms. The molecule has 0 aromatic heterocycles. The van der Waals surface area contributed by atoms with Gasteiger partial charge in [-0.05, 0) is 33.2 Å². The molecule has 2 unspecified atom stereocenters. The number of unbranched alkanes of at least 4 members (excludes halogenated alkanes) is 1. The maximum Gasteiger partial charge on any atom is 0.314 e. The summed E-state index contributed by atoms with van der Waals surface area (Å²) >= 11 is 0. The molecule has 0 saturated carbocycles. The van der Waals surface area contributed by atoms with E-state index in [1.807, 2.05) is 13.8 Å². The standard InChI is InChI=1S/C14H27NO4/c1-4-5-8-17-13(16)14(2,3)12-9-11(6-7-15)18-10-19-12/h11-12H,4-10,15H2,1-3H3. The Bertz CT molecular complexity index is 279. The van der Waals surface area contributed by atoms with Crippen LogP contribution in [0.15, 0.2) is 0 Å². The molecule has 112 valence electrons. The van der Waals surface area contributed by atoms with Crippen molar-refractivity contribution in [3.8, 4) is 0 Å². The predicted octanol–water partition coefficient (Wildman–Crippen LogP) is 1.84. The molecule has 1 saturated heterocycles. The van der Waals surface area contributed by atoms with Gasteiger partial charge >= 0.3 is 5.97 Å². The van der Waals surface area contributed by atoms with Crippen molar-refractivity contribution in [3.63, 3.8) is 0 Å². The fourth-order valence-corrected chi connectivity index (χ4v) is 2.11. The summed E-state index contributed by atoms with van der Waals surface area (Å²) < 4.78 is 16.4. The molecule has 0 aromatic carbocycles. The lowest BCUT2D eigenvalue weighted by atomic mass is 9.82. The van der Waals surface area contributed by atoms with Crippen molar-refractivity contribution in [1.82, 2.24) is 0 Å². The van der Waals surface area contributed by atoms with Gasteiger partial charge in [-0.1, -0.05) is 13.3 Å². The normalized spacial score (nSPS) is 24.2. The lowest BCUT2D eigenvalue weighted by Gasteiger charge is -2.37. The molecule has 2 N–H and O–H groups in total. The summed E-state index contributed by atoms with van der Waals surface area (Å²) in [7, 11) is 0. The van der Waals surface area contributed by atoms with Crippen LogP contribution in [0.2, 0.25) is 0 Å². The lowest BCUT2D eigenvalue weighted by molar-refractivity contribution is -0.211. The smallest absolute Gasteiger partial charge is 0.314 e. The third-order valence-electron chi connectivity index (χ3n) is 3.60. The Morgan fingerprint density at radius 1 is 1.42 bits per heavy atom. The van der Waals surface area contributed by atoms with Gasteiger partial charge in [0.15, 0.2) is 0 Å². The number of carbonyl (C=O) groups excluding carboxylic acids is 1. The van der Waals surface area contributed by atoms with Gasteiger partial charge in [-0.15, -0.1) is 0 Å². The van der Waals surface area contributed by atoms with Gasteiger partial charge in [-0.2, -0.15) is 0 Å². The van der Waals surface area contributed by atoms with Gasteiger partial charge in [0.2, 0.25) is 0 Å². The molecule has 5 heteroatoms. The van der Waals surface area contributed by atoms with Crippen molar-refractivity contribution in [3.05, 3.63) is 0 Å². The third kappa shape index (κ3) is 4.75. The van der Waals surface area contributed by atoms with E-state index < -0.39 is 5.41 Å². The number of ether oxygens (including phenoxy) is 3. The van der Waals surface area contributed by atoms with Crippen LogP contribution in [0.4, 0.5) is 0 Å². The second kappa shape index (κ2) is 7.82. The van der Waals surface area contributed by atoms with E-state index in [4.69, 9.17) is 19.9 Å². The predicted molar refractivity (Wildman–Crippen MR) is 72.5 cm³/mol. The fourth-order valence-electron chi connectivity index (χ4n) is 2.11. The van der Waals surface area contributed by atoms with E-state index in [9.17, 15) is 4.79 Å². The Morgan fingerprint density at radius 3 is 2.79 bits per heavy atom. The van der Waals surface area contributed by atoms with Crippen molar-refractivity contribution in [2.24, 2.45) is 11.1 Å². The van der Waals surface area contributed by atoms with E-state index in [2.05, 4.69) is 6.92 Å². The molecule has 1 aliphatic heterocycles. The highest BCUT2D eigenvalue weighted by Gasteiger charge is 2.42. The Hall–Kier alpha value is -0.650. The van der Waals surface area contributed by atoms with Crippen LogP contribution in [-0.4, -0.2) is 38.1 Å². The van der Waals surface area contributed by atoms with Gasteiger partial charge < -0.3 is 19.9 Å². The number of rotatable bonds is 7. The molecule has 1 aliphatic rings. The molecule has 1 heterocycles. The molecule has 1 rings (SSSR count). The first kappa shape index (κ1) is 16.4. The molecule has 0 spiro atoms. The SMILES string of the molecule is CCCCOC(=O)C(C)(C)C1CC(CCN)OCO1. The minimum atomic E-state index is -0.648. The molecule has 2 atom stereocenters. The molecule has 5 nitrogen and oxygen atoms in total. The number of nitrogens with two attached hydrogens (primary N) is 1. The zero-order valence-corrected chi connectivity index (χ0v) is 12.3. The van der Waals surface area contributed by atoms with Gasteiger partial charge in [-0.25, -0.2) is 0 Å². The molecule has 1 fully saturated rings. The van der Waals surface area contributed by atoms with Gasteiger partial charge in [0.25, 0.3) is 0 Å². The minimum Gasteiger partial charge on any atom is -0.465 e. The highest BCUT2D eigenvalue weighted by molar-refractivity contribution is 5.76. The highest BCUT2D eigenvalue weighted by Crippen LogP contribution is 2.32. The molecule has 0 aliphatic carbocycles.